The van der Waals surface area contributed by atoms with E-state index >= 15 is 0 Å². The van der Waals surface area contributed by atoms with E-state index < -0.39 is 45.2 Å². The molecule has 0 unspecified atom stereocenters. The van der Waals surface area contributed by atoms with Crippen molar-refractivity contribution in [3.8, 4) is 17.2 Å². The highest BCUT2D eigenvalue weighted by molar-refractivity contribution is 5.74. The molecule has 0 amide bonds. The van der Waals surface area contributed by atoms with Crippen molar-refractivity contribution < 1.29 is 31.3 Å². The molecule has 0 fully saturated rings. The number of halogens is 6. The van der Waals surface area contributed by atoms with E-state index in [4.69, 9.17) is 5.26 Å². The predicted molar refractivity (Wildman–Crippen MR) is 73.3 cm³/mol. The SMILES string of the molecule is N#Cc1ccc(-c2ccc([N+](=O)[O-])cc2C(F)(F)F)c(C(F)(F)F)c1. The van der Waals surface area contributed by atoms with E-state index in [1.165, 1.54) is 6.07 Å². The zero-order valence-electron chi connectivity index (χ0n) is 11.9. The highest BCUT2D eigenvalue weighted by Gasteiger charge is 2.39. The lowest BCUT2D eigenvalue weighted by Gasteiger charge is -2.17. The minimum absolute atomic E-state index is 0.174. The molecule has 0 aromatic heterocycles. The summed E-state index contributed by atoms with van der Waals surface area (Å²) in [6, 6.07) is 5.04. The van der Waals surface area contributed by atoms with Gasteiger partial charge in [-0.25, -0.2) is 0 Å². The Labute approximate surface area is 136 Å². The topological polar surface area (TPSA) is 66.9 Å². The van der Waals surface area contributed by atoms with Gasteiger partial charge in [-0.1, -0.05) is 6.07 Å². The Bertz CT molecular complexity index is 881. The summed E-state index contributed by atoms with van der Waals surface area (Å²) < 4.78 is 79.1. The summed E-state index contributed by atoms with van der Waals surface area (Å²) in [7, 11) is 0. The zero-order valence-corrected chi connectivity index (χ0v) is 11.9. The lowest BCUT2D eigenvalue weighted by Crippen LogP contribution is -2.12. The number of benzene rings is 2. The zero-order chi connectivity index (χ0) is 19.0. The van der Waals surface area contributed by atoms with Crippen LogP contribution < -0.4 is 0 Å². The largest absolute Gasteiger partial charge is 0.417 e. The first-order chi connectivity index (χ1) is 11.4. The van der Waals surface area contributed by atoms with Gasteiger partial charge in [0.05, 0.1) is 27.7 Å². The summed E-state index contributed by atoms with van der Waals surface area (Å²) in [5, 5.41) is 19.4. The average molecular weight is 360 g/mol. The molecule has 2 aromatic carbocycles. The fourth-order valence-electron chi connectivity index (χ4n) is 2.20. The minimum Gasteiger partial charge on any atom is -0.258 e. The van der Waals surface area contributed by atoms with Crippen molar-refractivity contribution in [3.05, 3.63) is 63.2 Å². The van der Waals surface area contributed by atoms with Gasteiger partial charge >= 0.3 is 12.4 Å². The highest BCUT2D eigenvalue weighted by atomic mass is 19.4. The number of nitro groups is 1. The number of non-ortho nitro benzene ring substituents is 1. The van der Waals surface area contributed by atoms with Gasteiger partial charge in [0.25, 0.3) is 5.69 Å². The average Bonchev–Trinajstić information content (AvgIpc) is 2.52. The van der Waals surface area contributed by atoms with Gasteiger partial charge in [0.15, 0.2) is 0 Å². The van der Waals surface area contributed by atoms with Crippen molar-refractivity contribution in [2.24, 2.45) is 0 Å². The minimum atomic E-state index is -5.11. The Morgan fingerprint density at radius 3 is 1.80 bits per heavy atom. The summed E-state index contributed by atoms with van der Waals surface area (Å²) in [6.07, 6.45) is -10.1. The van der Waals surface area contributed by atoms with Crippen LogP contribution in [0.2, 0.25) is 0 Å². The van der Waals surface area contributed by atoms with Gasteiger partial charge in [-0.2, -0.15) is 31.6 Å². The smallest absolute Gasteiger partial charge is 0.258 e. The van der Waals surface area contributed by atoms with Crippen LogP contribution in [0.3, 0.4) is 0 Å². The van der Waals surface area contributed by atoms with E-state index in [0.717, 1.165) is 12.1 Å². The highest BCUT2D eigenvalue weighted by Crippen LogP contribution is 2.43. The number of rotatable bonds is 2. The van der Waals surface area contributed by atoms with Crippen molar-refractivity contribution in [2.45, 2.75) is 12.4 Å². The molecule has 0 saturated heterocycles. The molecule has 0 saturated carbocycles. The Morgan fingerprint density at radius 2 is 1.36 bits per heavy atom. The Morgan fingerprint density at radius 1 is 0.880 bits per heavy atom. The number of nitriles is 1. The van der Waals surface area contributed by atoms with E-state index in [9.17, 15) is 36.5 Å². The van der Waals surface area contributed by atoms with Crippen molar-refractivity contribution in [1.82, 2.24) is 0 Å². The maximum absolute atomic E-state index is 13.2. The molecule has 2 aromatic rings. The maximum atomic E-state index is 13.2. The number of hydrogen-bond donors (Lipinski definition) is 0. The predicted octanol–water partition coefficient (Wildman–Crippen LogP) is 5.17. The number of nitro benzene ring substituents is 1. The van der Waals surface area contributed by atoms with Crippen LogP contribution in [0.1, 0.15) is 16.7 Å². The molecule has 0 N–H and O–H groups in total. The summed E-state index contributed by atoms with van der Waals surface area (Å²) in [5.74, 6) is 0. The molecule has 0 aliphatic rings. The van der Waals surface area contributed by atoms with Crippen LogP contribution in [0, 0.1) is 21.4 Å². The van der Waals surface area contributed by atoms with E-state index in [-0.39, 0.29) is 11.6 Å². The van der Waals surface area contributed by atoms with E-state index in [0.29, 0.717) is 18.2 Å². The van der Waals surface area contributed by atoms with Gasteiger partial charge in [0, 0.05) is 12.1 Å². The second-order valence-electron chi connectivity index (χ2n) is 4.85. The first-order valence-corrected chi connectivity index (χ1v) is 6.42. The van der Waals surface area contributed by atoms with Crippen LogP contribution in [-0.4, -0.2) is 4.92 Å². The first kappa shape index (κ1) is 18.3. The molecular formula is C15H6F6N2O2. The van der Waals surface area contributed by atoms with Crippen LogP contribution in [0.5, 0.6) is 0 Å². The molecule has 10 heteroatoms. The summed E-state index contributed by atoms with van der Waals surface area (Å²) >= 11 is 0. The van der Waals surface area contributed by atoms with Gasteiger partial charge in [0.1, 0.15) is 0 Å². The van der Waals surface area contributed by atoms with Crippen molar-refractivity contribution >= 4 is 5.69 Å². The van der Waals surface area contributed by atoms with Gasteiger partial charge < -0.3 is 0 Å². The van der Waals surface area contributed by atoms with Crippen molar-refractivity contribution in [2.75, 3.05) is 0 Å². The molecule has 2 rings (SSSR count). The third-order valence-corrected chi connectivity index (χ3v) is 3.26. The summed E-state index contributed by atoms with van der Waals surface area (Å²) in [5.41, 5.74) is -5.99. The molecule has 0 spiro atoms. The van der Waals surface area contributed by atoms with Crippen LogP contribution in [0.25, 0.3) is 11.1 Å². The molecule has 0 heterocycles. The number of nitrogens with zero attached hydrogens (tertiary/aromatic N) is 2. The Hall–Kier alpha value is -3.09. The quantitative estimate of drug-likeness (QED) is 0.421. The molecular weight excluding hydrogens is 354 g/mol. The molecule has 0 bridgehead atoms. The van der Waals surface area contributed by atoms with Crippen molar-refractivity contribution in [1.29, 1.82) is 5.26 Å². The number of alkyl halides is 6. The molecule has 0 atom stereocenters. The van der Waals surface area contributed by atoms with E-state index in [1.54, 1.807) is 0 Å². The monoisotopic (exact) mass is 360 g/mol. The van der Waals surface area contributed by atoms with Crippen LogP contribution in [0.4, 0.5) is 32.0 Å². The van der Waals surface area contributed by atoms with Crippen LogP contribution >= 0.6 is 0 Å². The van der Waals surface area contributed by atoms with Gasteiger partial charge in [-0.15, -0.1) is 0 Å². The Kier molecular flexibility index (Phi) is 4.44. The normalized spacial score (nSPS) is 11.9. The number of hydrogen-bond acceptors (Lipinski definition) is 3. The third kappa shape index (κ3) is 3.71. The maximum Gasteiger partial charge on any atom is 0.417 e. The second kappa shape index (κ2) is 6.08. The lowest BCUT2D eigenvalue weighted by molar-refractivity contribution is -0.385. The van der Waals surface area contributed by atoms with Crippen LogP contribution in [0.15, 0.2) is 36.4 Å². The fourth-order valence-corrected chi connectivity index (χ4v) is 2.20. The molecule has 25 heavy (non-hydrogen) atoms. The van der Waals surface area contributed by atoms with Gasteiger partial charge in [0.2, 0.25) is 0 Å². The molecule has 130 valence electrons. The van der Waals surface area contributed by atoms with E-state index in [1.807, 2.05) is 0 Å². The third-order valence-electron chi connectivity index (χ3n) is 3.26. The van der Waals surface area contributed by atoms with Gasteiger partial charge in [-0.05, 0) is 29.3 Å². The molecule has 0 aliphatic carbocycles. The van der Waals surface area contributed by atoms with Crippen molar-refractivity contribution in [3.63, 3.8) is 0 Å². The van der Waals surface area contributed by atoms with E-state index in [2.05, 4.69) is 0 Å². The molecule has 0 aliphatic heterocycles. The van der Waals surface area contributed by atoms with Crippen LogP contribution in [-0.2, 0) is 12.4 Å². The standard InChI is InChI=1S/C15H6F6N2O2/c16-14(17,18)12-5-8(7-22)1-3-10(12)11-4-2-9(23(24)25)6-13(11)15(19,20)21/h1-6H. The Balaban J connectivity index is 2.83. The summed E-state index contributed by atoms with van der Waals surface area (Å²) in [6.45, 7) is 0. The fraction of sp³-hybridized carbons (Fsp3) is 0.133. The second-order valence-corrected chi connectivity index (χ2v) is 4.85. The molecule has 4 nitrogen and oxygen atoms in total. The molecule has 0 radical (unpaired) electrons. The van der Waals surface area contributed by atoms with Gasteiger partial charge in [-0.3, -0.25) is 10.1 Å². The first-order valence-electron chi connectivity index (χ1n) is 6.42. The lowest BCUT2D eigenvalue weighted by atomic mass is 9.93. The summed E-state index contributed by atoms with van der Waals surface area (Å²) in [4.78, 5) is 9.58.